The maximum absolute atomic E-state index is 15.3. The van der Waals surface area contributed by atoms with Crippen LogP contribution in [0.25, 0.3) is 0 Å². The summed E-state index contributed by atoms with van der Waals surface area (Å²) in [7, 11) is 0. The van der Waals surface area contributed by atoms with Crippen LogP contribution in [0.2, 0.25) is 0 Å². The summed E-state index contributed by atoms with van der Waals surface area (Å²) < 4.78 is 34.6. The monoisotopic (exact) mass is 515 g/mol. The second kappa shape index (κ2) is 9.87. The van der Waals surface area contributed by atoms with Gasteiger partial charge in [0.1, 0.15) is 23.2 Å². The number of aryl methyl sites for hydroxylation is 1. The van der Waals surface area contributed by atoms with Crippen molar-refractivity contribution in [3.63, 3.8) is 0 Å². The van der Waals surface area contributed by atoms with Crippen LogP contribution < -0.4 is 16.2 Å². The van der Waals surface area contributed by atoms with E-state index in [1.54, 1.807) is 6.92 Å². The third-order valence-electron chi connectivity index (χ3n) is 7.10. The first-order chi connectivity index (χ1) is 17.8. The highest BCUT2D eigenvalue weighted by Gasteiger charge is 2.48. The number of hydrogen-bond acceptors (Lipinski definition) is 7. The quantitative estimate of drug-likeness (QED) is 0.376. The number of aromatic amines is 1. The van der Waals surface area contributed by atoms with Gasteiger partial charge in [0.15, 0.2) is 5.69 Å². The Bertz CT molecular complexity index is 1360. The lowest BCUT2D eigenvalue weighted by Gasteiger charge is -2.27. The first-order valence-electron chi connectivity index (χ1n) is 12.3. The number of aromatic nitrogens is 5. The molecule has 3 aromatic rings. The van der Waals surface area contributed by atoms with Crippen molar-refractivity contribution in [1.29, 1.82) is 0 Å². The lowest BCUT2D eigenvalue weighted by atomic mass is 9.88. The summed E-state index contributed by atoms with van der Waals surface area (Å²) in [6.45, 7) is 3.29. The molecule has 3 N–H and O–H groups in total. The van der Waals surface area contributed by atoms with E-state index in [0.29, 0.717) is 12.1 Å². The normalized spacial score (nSPS) is 17.0. The van der Waals surface area contributed by atoms with Crippen LogP contribution in [0, 0.1) is 29.5 Å². The maximum atomic E-state index is 15.3. The zero-order valence-electron chi connectivity index (χ0n) is 20.3. The molecule has 11 nitrogen and oxygen atoms in total. The summed E-state index contributed by atoms with van der Waals surface area (Å²) in [6, 6.07) is -0.869. The molecule has 0 radical (unpaired) electrons. The van der Waals surface area contributed by atoms with Gasteiger partial charge in [-0.3, -0.25) is 14.4 Å². The highest BCUT2D eigenvalue weighted by atomic mass is 19.1. The molecule has 2 fully saturated rings. The minimum absolute atomic E-state index is 0.0128. The lowest BCUT2D eigenvalue weighted by molar-refractivity contribution is -0.119. The summed E-state index contributed by atoms with van der Waals surface area (Å²) in [6.07, 6.45) is 6.28. The van der Waals surface area contributed by atoms with Gasteiger partial charge in [0.25, 0.3) is 11.5 Å². The van der Waals surface area contributed by atoms with Crippen LogP contribution in [0.1, 0.15) is 67.3 Å². The van der Waals surface area contributed by atoms with Crippen LogP contribution in [-0.2, 0) is 11.2 Å². The molecule has 3 heterocycles. The van der Waals surface area contributed by atoms with Gasteiger partial charge in [-0.15, -0.1) is 0 Å². The number of H-pyrrole nitrogens is 1. The molecule has 2 aliphatic rings. The molecule has 2 amide bonds. The topological polar surface area (TPSA) is 148 Å². The van der Waals surface area contributed by atoms with Gasteiger partial charge in [0, 0.05) is 11.8 Å². The molecule has 3 aromatic heterocycles. The van der Waals surface area contributed by atoms with Crippen molar-refractivity contribution < 1.29 is 23.0 Å². The highest BCUT2D eigenvalue weighted by Crippen LogP contribution is 2.51. The zero-order chi connectivity index (χ0) is 26.3. The van der Waals surface area contributed by atoms with E-state index in [0.717, 1.165) is 48.8 Å². The van der Waals surface area contributed by atoms with Gasteiger partial charge in [-0.05, 0) is 68.0 Å². The largest absolute Gasteiger partial charge is 0.338 e. The molecule has 37 heavy (non-hydrogen) atoms. The van der Waals surface area contributed by atoms with Gasteiger partial charge in [-0.2, -0.15) is 9.49 Å². The Hall–Kier alpha value is -3.90. The summed E-state index contributed by atoms with van der Waals surface area (Å²) in [5, 5.41) is 16.7. The molecule has 2 aliphatic carbocycles. The molecule has 2 unspecified atom stereocenters. The van der Waals surface area contributed by atoms with Gasteiger partial charge in [-0.25, -0.2) is 13.7 Å². The van der Waals surface area contributed by atoms with Crippen LogP contribution in [0.15, 0.2) is 27.9 Å². The van der Waals surface area contributed by atoms with Crippen LogP contribution in [-0.4, -0.2) is 42.9 Å². The molecule has 2 atom stereocenters. The maximum Gasteiger partial charge on any atom is 0.276 e. The number of halogens is 2. The fraction of sp³-hybridized carbons (Fsp3) is 0.500. The number of amides is 2. The van der Waals surface area contributed by atoms with Crippen molar-refractivity contribution in [3.05, 3.63) is 57.5 Å². The van der Waals surface area contributed by atoms with E-state index in [9.17, 15) is 18.8 Å². The third kappa shape index (κ3) is 5.02. The summed E-state index contributed by atoms with van der Waals surface area (Å²) >= 11 is 0. The predicted octanol–water partition coefficient (Wildman–Crippen LogP) is 2.58. The van der Waals surface area contributed by atoms with Gasteiger partial charge in [-0.1, -0.05) is 12.1 Å². The fourth-order valence-corrected chi connectivity index (χ4v) is 4.88. The number of pyridine rings is 1. The number of carbonyl (C=O) groups is 2. The Balaban J connectivity index is 1.39. The minimum Gasteiger partial charge on any atom is -0.338 e. The first-order valence-corrected chi connectivity index (χ1v) is 12.3. The Morgan fingerprint density at radius 2 is 1.92 bits per heavy atom. The number of rotatable bonds is 10. The molecule has 0 spiro atoms. The van der Waals surface area contributed by atoms with Crippen LogP contribution >= 0.6 is 0 Å². The number of nitrogens with zero attached hydrogens (tertiary/aromatic N) is 4. The molecule has 0 bridgehead atoms. The van der Waals surface area contributed by atoms with Crippen LogP contribution in [0.3, 0.4) is 0 Å². The average molecular weight is 516 g/mol. The van der Waals surface area contributed by atoms with Crippen molar-refractivity contribution in [1.82, 2.24) is 30.4 Å². The Labute approximate surface area is 210 Å². The summed E-state index contributed by atoms with van der Waals surface area (Å²) in [5.41, 5.74) is -0.437. The fourth-order valence-electron chi connectivity index (χ4n) is 4.88. The SMILES string of the molecule is CCc1nonc1C(=O)NC(C(=O)Nc1cnn(C(C)c2cc(F)c[nH]c2=O)c1F)C(C1CC1)C1CC1. The van der Waals surface area contributed by atoms with Gasteiger partial charge in [0.05, 0.1) is 12.2 Å². The molecule has 2 saturated carbocycles. The van der Waals surface area contributed by atoms with E-state index < -0.39 is 41.2 Å². The van der Waals surface area contributed by atoms with E-state index in [-0.39, 0.29) is 34.7 Å². The first kappa shape index (κ1) is 24.8. The lowest BCUT2D eigenvalue weighted by Crippen LogP contribution is -2.50. The van der Waals surface area contributed by atoms with E-state index in [2.05, 4.69) is 31.0 Å². The Kier molecular flexibility index (Phi) is 6.61. The molecule has 13 heteroatoms. The minimum atomic E-state index is -0.946. The molecule has 5 rings (SSSR count). The number of anilines is 1. The van der Waals surface area contributed by atoms with E-state index >= 15 is 4.39 Å². The second-order valence-corrected chi connectivity index (χ2v) is 9.68. The van der Waals surface area contributed by atoms with Crippen molar-refractivity contribution in [2.75, 3.05) is 5.32 Å². The molecule has 0 aromatic carbocycles. The van der Waals surface area contributed by atoms with Crippen LogP contribution in [0.4, 0.5) is 14.5 Å². The molecule has 196 valence electrons. The Morgan fingerprint density at radius 3 is 2.57 bits per heavy atom. The smallest absolute Gasteiger partial charge is 0.276 e. The van der Waals surface area contributed by atoms with Crippen molar-refractivity contribution in [3.8, 4) is 0 Å². The molecular weight excluding hydrogens is 488 g/mol. The standard InChI is InChI=1S/C24H27F2N7O4/c1-3-16-19(32-37-31-16)23(35)30-20(18(12-4-5-12)13-6-7-13)24(36)29-17-10-28-33(21(17)26)11(2)15-8-14(25)9-27-22(15)34/h8-13,18,20H,3-7H2,1-2H3,(H,27,34)(H,29,36)(H,30,35). The predicted molar refractivity (Wildman–Crippen MR) is 126 cm³/mol. The van der Waals surface area contributed by atoms with Gasteiger partial charge < -0.3 is 15.6 Å². The Morgan fingerprint density at radius 1 is 1.22 bits per heavy atom. The molecule has 0 aliphatic heterocycles. The van der Waals surface area contributed by atoms with E-state index in [1.807, 2.05) is 0 Å². The summed E-state index contributed by atoms with van der Waals surface area (Å²) in [5.74, 6) is -2.27. The average Bonchev–Trinajstić information content (AvgIpc) is 3.81. The highest BCUT2D eigenvalue weighted by molar-refractivity contribution is 6.01. The van der Waals surface area contributed by atoms with Crippen molar-refractivity contribution >= 4 is 17.5 Å². The number of carbonyl (C=O) groups excluding carboxylic acids is 2. The molecule has 0 saturated heterocycles. The second-order valence-electron chi connectivity index (χ2n) is 9.68. The zero-order valence-corrected chi connectivity index (χ0v) is 20.3. The molecular formula is C24H27F2N7O4. The van der Waals surface area contributed by atoms with Gasteiger partial charge in [0.2, 0.25) is 11.9 Å². The van der Waals surface area contributed by atoms with Crippen LogP contribution in [0.5, 0.6) is 0 Å². The van der Waals surface area contributed by atoms with Crippen molar-refractivity contribution in [2.24, 2.45) is 17.8 Å². The number of nitrogens with one attached hydrogen (secondary N) is 3. The van der Waals surface area contributed by atoms with Gasteiger partial charge >= 0.3 is 0 Å². The van der Waals surface area contributed by atoms with Crippen molar-refractivity contribution in [2.45, 2.75) is 58.0 Å². The van der Waals surface area contributed by atoms with E-state index in [1.165, 1.54) is 6.92 Å². The third-order valence-corrected chi connectivity index (χ3v) is 7.10. The number of hydrogen-bond donors (Lipinski definition) is 3. The van der Waals surface area contributed by atoms with E-state index in [4.69, 9.17) is 4.63 Å². The summed E-state index contributed by atoms with van der Waals surface area (Å²) in [4.78, 5) is 40.9.